The molecular weight excluding hydrogens is 408 g/mol. The summed E-state index contributed by atoms with van der Waals surface area (Å²) in [5.41, 5.74) is -0.526. The zero-order chi connectivity index (χ0) is 19.9. The first-order valence-electron chi connectivity index (χ1n) is 8.06. The highest BCUT2D eigenvalue weighted by atomic mass is 35.5. The molecule has 0 radical (unpaired) electrons. The van der Waals surface area contributed by atoms with Crippen LogP contribution in [0.1, 0.15) is 35.1 Å². The van der Waals surface area contributed by atoms with E-state index in [1.165, 1.54) is 12.1 Å². The molecule has 146 valence electrons. The van der Waals surface area contributed by atoms with Crippen molar-refractivity contribution in [2.24, 2.45) is 7.05 Å². The Morgan fingerprint density at radius 1 is 1.22 bits per heavy atom. The van der Waals surface area contributed by atoms with Gasteiger partial charge in [-0.3, -0.25) is 9.36 Å². The number of piperidine rings is 1. The average molecular weight is 423 g/mol. The molecule has 0 bridgehead atoms. The van der Waals surface area contributed by atoms with Crippen LogP contribution in [0.4, 0.5) is 13.2 Å². The predicted molar refractivity (Wildman–Crippen MR) is 93.1 cm³/mol. The Morgan fingerprint density at radius 2 is 1.85 bits per heavy atom. The molecule has 1 aromatic carbocycles. The van der Waals surface area contributed by atoms with Gasteiger partial charge in [0.05, 0.1) is 16.6 Å². The molecule has 0 aliphatic carbocycles. The largest absolute Gasteiger partial charge is 0.451 e. The number of amides is 1. The molecule has 3 rings (SSSR count). The van der Waals surface area contributed by atoms with Crippen LogP contribution in [0.25, 0.3) is 0 Å². The SMILES string of the molecule is Cn1c(C(F)(F)F)nn(C2CCN(C(=O)c3ccc(Cl)cc3Cl)CC2)c1=O. The standard InChI is InChI=1S/C16H15Cl2F3N4O2/c1-23-14(16(19,20)21)22-25(15(23)27)10-4-6-24(7-5-10)13(26)11-3-2-9(17)8-12(11)18/h2-3,8,10H,4-7H2,1H3. The number of aromatic nitrogens is 3. The summed E-state index contributed by atoms with van der Waals surface area (Å²) < 4.78 is 40.1. The number of rotatable bonds is 2. The molecule has 1 aromatic heterocycles. The zero-order valence-corrected chi connectivity index (χ0v) is 15.6. The number of benzene rings is 1. The summed E-state index contributed by atoms with van der Waals surface area (Å²) in [7, 11) is 1.04. The van der Waals surface area contributed by atoms with Crippen molar-refractivity contribution < 1.29 is 18.0 Å². The second kappa shape index (κ2) is 7.20. The van der Waals surface area contributed by atoms with Gasteiger partial charge in [-0.25, -0.2) is 9.48 Å². The van der Waals surface area contributed by atoms with Crippen molar-refractivity contribution in [3.63, 3.8) is 0 Å². The second-order valence-corrected chi connectivity index (χ2v) is 7.10. The van der Waals surface area contributed by atoms with E-state index in [-0.39, 0.29) is 24.0 Å². The molecule has 11 heteroatoms. The molecule has 2 heterocycles. The van der Waals surface area contributed by atoms with Gasteiger partial charge in [0, 0.05) is 25.2 Å². The van der Waals surface area contributed by atoms with E-state index in [0.29, 0.717) is 28.0 Å². The Labute approximate surface area is 162 Å². The van der Waals surface area contributed by atoms with Crippen LogP contribution in [0.3, 0.4) is 0 Å². The van der Waals surface area contributed by atoms with E-state index in [4.69, 9.17) is 23.2 Å². The molecule has 1 saturated heterocycles. The minimum atomic E-state index is -4.71. The average Bonchev–Trinajstić information content (AvgIpc) is 2.90. The smallest absolute Gasteiger partial charge is 0.338 e. The number of likely N-dealkylation sites (tertiary alicyclic amines) is 1. The highest BCUT2D eigenvalue weighted by Gasteiger charge is 2.39. The minimum Gasteiger partial charge on any atom is -0.338 e. The first-order chi connectivity index (χ1) is 12.6. The van der Waals surface area contributed by atoms with E-state index in [1.807, 2.05) is 0 Å². The molecule has 0 N–H and O–H groups in total. The lowest BCUT2D eigenvalue weighted by Gasteiger charge is -2.31. The van der Waals surface area contributed by atoms with Crippen LogP contribution in [0.2, 0.25) is 10.0 Å². The van der Waals surface area contributed by atoms with Gasteiger partial charge in [0.2, 0.25) is 5.82 Å². The van der Waals surface area contributed by atoms with Crippen LogP contribution in [0.15, 0.2) is 23.0 Å². The van der Waals surface area contributed by atoms with Crippen molar-refractivity contribution in [1.82, 2.24) is 19.2 Å². The van der Waals surface area contributed by atoms with E-state index in [2.05, 4.69) is 5.10 Å². The fourth-order valence-corrected chi connectivity index (χ4v) is 3.58. The van der Waals surface area contributed by atoms with Crippen LogP contribution in [0.5, 0.6) is 0 Å². The summed E-state index contributed by atoms with van der Waals surface area (Å²) >= 11 is 11.9. The third kappa shape index (κ3) is 3.84. The number of halogens is 5. The first kappa shape index (κ1) is 19.8. The lowest BCUT2D eigenvalue weighted by molar-refractivity contribution is -0.147. The van der Waals surface area contributed by atoms with Crippen molar-refractivity contribution in [1.29, 1.82) is 0 Å². The number of carbonyl (C=O) groups excluding carboxylic acids is 1. The van der Waals surface area contributed by atoms with Crippen LogP contribution >= 0.6 is 23.2 Å². The van der Waals surface area contributed by atoms with Gasteiger partial charge in [-0.15, -0.1) is 5.10 Å². The first-order valence-corrected chi connectivity index (χ1v) is 8.82. The normalized spacial score (nSPS) is 16.0. The van der Waals surface area contributed by atoms with Crippen LogP contribution in [0, 0.1) is 0 Å². The Morgan fingerprint density at radius 3 is 2.37 bits per heavy atom. The number of hydrogen-bond acceptors (Lipinski definition) is 3. The highest BCUT2D eigenvalue weighted by molar-refractivity contribution is 6.36. The Balaban J connectivity index is 1.74. The maximum absolute atomic E-state index is 12.9. The van der Waals surface area contributed by atoms with Gasteiger partial charge >= 0.3 is 11.9 Å². The van der Waals surface area contributed by atoms with Gasteiger partial charge < -0.3 is 4.90 Å². The molecule has 2 aromatic rings. The lowest BCUT2D eigenvalue weighted by atomic mass is 10.0. The number of nitrogens with zero attached hydrogens (tertiary/aromatic N) is 4. The van der Waals surface area contributed by atoms with Crippen molar-refractivity contribution in [2.75, 3.05) is 13.1 Å². The van der Waals surface area contributed by atoms with Crippen molar-refractivity contribution in [3.05, 3.63) is 50.1 Å². The summed E-state index contributed by atoms with van der Waals surface area (Å²) in [5.74, 6) is -1.53. The fraction of sp³-hybridized carbons (Fsp3) is 0.438. The molecule has 1 aliphatic heterocycles. The summed E-state index contributed by atoms with van der Waals surface area (Å²) in [5, 5.41) is 4.09. The van der Waals surface area contributed by atoms with Crippen molar-refractivity contribution in [2.45, 2.75) is 25.1 Å². The second-order valence-electron chi connectivity index (χ2n) is 6.26. The van der Waals surface area contributed by atoms with Gasteiger partial charge in [0.25, 0.3) is 5.91 Å². The van der Waals surface area contributed by atoms with Gasteiger partial charge in [0.15, 0.2) is 0 Å². The third-order valence-electron chi connectivity index (χ3n) is 4.52. The maximum Gasteiger partial charge on any atom is 0.451 e. The third-order valence-corrected chi connectivity index (χ3v) is 5.06. The lowest BCUT2D eigenvalue weighted by Crippen LogP contribution is -2.41. The summed E-state index contributed by atoms with van der Waals surface area (Å²) in [6.07, 6.45) is -4.09. The molecule has 1 aliphatic rings. The summed E-state index contributed by atoms with van der Waals surface area (Å²) in [6.45, 7) is 0.541. The molecular formula is C16H15Cl2F3N4O2. The van der Waals surface area contributed by atoms with E-state index < -0.39 is 23.7 Å². The summed E-state index contributed by atoms with van der Waals surface area (Å²) in [4.78, 5) is 26.2. The molecule has 1 amide bonds. The highest BCUT2D eigenvalue weighted by Crippen LogP contribution is 2.29. The predicted octanol–water partition coefficient (Wildman–Crippen LogP) is 3.38. The van der Waals surface area contributed by atoms with E-state index in [9.17, 15) is 22.8 Å². The molecule has 1 fully saturated rings. The monoisotopic (exact) mass is 422 g/mol. The van der Waals surface area contributed by atoms with Crippen LogP contribution in [-0.4, -0.2) is 38.2 Å². The fourth-order valence-electron chi connectivity index (χ4n) is 3.09. The van der Waals surface area contributed by atoms with Crippen molar-refractivity contribution >= 4 is 29.1 Å². The molecule has 27 heavy (non-hydrogen) atoms. The van der Waals surface area contributed by atoms with Gasteiger partial charge in [0.1, 0.15) is 0 Å². The number of hydrogen-bond donors (Lipinski definition) is 0. The minimum absolute atomic E-state index is 0.227. The van der Waals surface area contributed by atoms with E-state index in [0.717, 1.165) is 11.7 Å². The van der Waals surface area contributed by atoms with Crippen LogP contribution < -0.4 is 5.69 Å². The Bertz CT molecular complexity index is 931. The number of carbonyl (C=O) groups is 1. The molecule has 0 saturated carbocycles. The maximum atomic E-state index is 12.9. The van der Waals surface area contributed by atoms with Gasteiger partial charge in [-0.2, -0.15) is 13.2 Å². The zero-order valence-electron chi connectivity index (χ0n) is 14.1. The molecule has 6 nitrogen and oxygen atoms in total. The molecule has 0 spiro atoms. The molecule has 0 atom stereocenters. The Hall–Kier alpha value is -2.00. The Kier molecular flexibility index (Phi) is 5.27. The quantitative estimate of drug-likeness (QED) is 0.744. The van der Waals surface area contributed by atoms with Crippen LogP contribution in [-0.2, 0) is 13.2 Å². The van der Waals surface area contributed by atoms with Gasteiger partial charge in [-0.05, 0) is 31.0 Å². The van der Waals surface area contributed by atoms with E-state index in [1.54, 1.807) is 11.0 Å². The van der Waals surface area contributed by atoms with Gasteiger partial charge in [-0.1, -0.05) is 23.2 Å². The summed E-state index contributed by atoms with van der Waals surface area (Å²) in [6, 6.07) is 4.04. The van der Waals surface area contributed by atoms with E-state index >= 15 is 0 Å². The topological polar surface area (TPSA) is 60.1 Å². The van der Waals surface area contributed by atoms with Crippen molar-refractivity contribution in [3.8, 4) is 0 Å². The number of alkyl halides is 3. The molecule has 0 unspecified atom stereocenters.